The molecule has 30 heavy (non-hydrogen) atoms. The van der Waals surface area contributed by atoms with Crippen LogP contribution in [-0.2, 0) is 0 Å². The van der Waals surface area contributed by atoms with E-state index in [-0.39, 0.29) is 17.9 Å². The van der Waals surface area contributed by atoms with E-state index in [0.29, 0.717) is 23.2 Å². The molecule has 0 unspecified atom stereocenters. The minimum absolute atomic E-state index is 0.0536. The molecule has 0 aliphatic carbocycles. The molecular formula is C22H29N5O2S. The summed E-state index contributed by atoms with van der Waals surface area (Å²) in [5, 5.41) is 6.00. The molecule has 2 aromatic heterocycles. The van der Waals surface area contributed by atoms with E-state index in [1.165, 1.54) is 11.3 Å². The molecule has 0 saturated carbocycles. The predicted octanol–water partition coefficient (Wildman–Crippen LogP) is 1.90. The molecule has 1 N–H and O–H groups in total. The summed E-state index contributed by atoms with van der Waals surface area (Å²) in [5.74, 6) is 0.470. The first-order chi connectivity index (χ1) is 14.5. The molecule has 4 fully saturated rings. The van der Waals surface area contributed by atoms with Crippen molar-refractivity contribution in [1.29, 1.82) is 0 Å². The number of fused-ring (bicyclic) bond motifs is 4. The average Bonchev–Trinajstić information content (AvgIpc) is 3.19. The van der Waals surface area contributed by atoms with E-state index >= 15 is 0 Å². The number of likely N-dealkylation sites (N-methyl/N-ethyl adjacent to an activating group) is 1. The topological polar surface area (TPSA) is 68.8 Å². The van der Waals surface area contributed by atoms with Crippen LogP contribution in [0.1, 0.15) is 40.6 Å². The molecule has 6 rings (SSSR count). The molecule has 6 heterocycles. The van der Waals surface area contributed by atoms with Crippen molar-refractivity contribution in [2.75, 3.05) is 46.3 Å². The Morgan fingerprint density at radius 1 is 1.13 bits per heavy atom. The van der Waals surface area contributed by atoms with Gasteiger partial charge in [0, 0.05) is 55.2 Å². The van der Waals surface area contributed by atoms with Crippen LogP contribution >= 0.6 is 11.3 Å². The van der Waals surface area contributed by atoms with E-state index < -0.39 is 0 Å². The van der Waals surface area contributed by atoms with E-state index in [4.69, 9.17) is 0 Å². The number of amides is 2. The van der Waals surface area contributed by atoms with Gasteiger partial charge in [0.1, 0.15) is 5.69 Å². The molecule has 2 aromatic rings. The molecular weight excluding hydrogens is 398 g/mol. The summed E-state index contributed by atoms with van der Waals surface area (Å²) in [6, 6.07) is 2.34. The second kappa shape index (κ2) is 7.90. The molecule has 4 saturated heterocycles. The second-order valence-corrected chi connectivity index (χ2v) is 9.84. The van der Waals surface area contributed by atoms with E-state index in [0.717, 1.165) is 62.2 Å². The van der Waals surface area contributed by atoms with Crippen molar-refractivity contribution < 1.29 is 9.59 Å². The van der Waals surface area contributed by atoms with Gasteiger partial charge in [-0.25, -0.2) is 4.98 Å². The zero-order chi connectivity index (χ0) is 20.8. The van der Waals surface area contributed by atoms with E-state index in [2.05, 4.69) is 34.1 Å². The Hall–Kier alpha value is -2.03. The Bertz CT molecular complexity index is 958. The minimum Gasteiger partial charge on any atom is -0.346 e. The number of nitrogens with zero attached hydrogens (tertiary/aromatic N) is 4. The number of pyridine rings is 1. The van der Waals surface area contributed by atoms with E-state index in [9.17, 15) is 9.59 Å². The Labute approximate surface area is 181 Å². The van der Waals surface area contributed by atoms with Crippen molar-refractivity contribution in [1.82, 2.24) is 25.0 Å². The summed E-state index contributed by atoms with van der Waals surface area (Å²) in [6.07, 6.45) is 4.03. The third kappa shape index (κ3) is 3.50. The molecule has 2 atom stereocenters. The lowest BCUT2D eigenvalue weighted by molar-refractivity contribution is 0.0216. The highest BCUT2D eigenvalue weighted by molar-refractivity contribution is 7.17. The minimum atomic E-state index is -0.133. The maximum Gasteiger partial charge on any atom is 0.270 e. The summed E-state index contributed by atoms with van der Waals surface area (Å²) in [4.78, 5) is 37.1. The van der Waals surface area contributed by atoms with E-state index in [1.54, 1.807) is 12.3 Å². The van der Waals surface area contributed by atoms with Gasteiger partial charge in [0.25, 0.3) is 11.8 Å². The highest BCUT2D eigenvalue weighted by Crippen LogP contribution is 2.32. The van der Waals surface area contributed by atoms with Gasteiger partial charge in [0.05, 0.1) is 10.3 Å². The largest absolute Gasteiger partial charge is 0.346 e. The number of rotatable bonds is 3. The highest BCUT2D eigenvalue weighted by atomic mass is 32.1. The fraction of sp³-hybridized carbons (Fsp3) is 0.591. The molecule has 2 amide bonds. The number of carbonyl (C=O) groups is 2. The highest BCUT2D eigenvalue weighted by Gasteiger charge is 2.40. The molecule has 0 radical (unpaired) electrons. The maximum atomic E-state index is 13.1. The molecule has 2 bridgehead atoms. The monoisotopic (exact) mass is 427 g/mol. The summed E-state index contributed by atoms with van der Waals surface area (Å²) in [7, 11) is 2.08. The fourth-order valence-electron chi connectivity index (χ4n) is 5.17. The summed E-state index contributed by atoms with van der Waals surface area (Å²) >= 11 is 1.51. The van der Waals surface area contributed by atoms with Crippen LogP contribution < -0.4 is 5.32 Å². The Morgan fingerprint density at radius 3 is 2.57 bits per heavy atom. The second-order valence-electron chi connectivity index (χ2n) is 8.92. The van der Waals surface area contributed by atoms with Crippen molar-refractivity contribution in [3.05, 3.63) is 28.9 Å². The third-order valence-electron chi connectivity index (χ3n) is 7.19. The van der Waals surface area contributed by atoms with Crippen LogP contribution in [0.25, 0.3) is 10.1 Å². The Balaban J connectivity index is 1.36. The molecule has 7 nitrogen and oxygen atoms in total. The van der Waals surface area contributed by atoms with Gasteiger partial charge in [-0.05, 0) is 51.9 Å². The molecule has 0 spiro atoms. The van der Waals surface area contributed by atoms with Crippen LogP contribution in [-0.4, -0.2) is 89.9 Å². The number of hydrogen-bond donors (Lipinski definition) is 1. The number of piperidine rings is 3. The molecule has 0 aromatic carbocycles. The SMILES string of the molecule is C[C@H]1[C@H](NC(=O)c2cc3c(C(=O)N4CCN(C)CC4)csc3cn2)C2CCN1CC2. The normalized spacial score (nSPS) is 29.3. The van der Waals surface area contributed by atoms with Crippen molar-refractivity contribution in [2.24, 2.45) is 5.92 Å². The zero-order valence-electron chi connectivity index (χ0n) is 17.6. The van der Waals surface area contributed by atoms with Crippen LogP contribution in [0.4, 0.5) is 0 Å². The smallest absolute Gasteiger partial charge is 0.270 e. The first-order valence-corrected chi connectivity index (χ1v) is 11.8. The zero-order valence-corrected chi connectivity index (χ0v) is 18.5. The van der Waals surface area contributed by atoms with Gasteiger partial charge in [-0.15, -0.1) is 11.3 Å². The first-order valence-electron chi connectivity index (χ1n) is 10.9. The van der Waals surface area contributed by atoms with Gasteiger partial charge in [-0.2, -0.15) is 0 Å². The van der Waals surface area contributed by atoms with Gasteiger partial charge in [0.2, 0.25) is 0 Å². The van der Waals surface area contributed by atoms with Gasteiger partial charge in [-0.3, -0.25) is 14.5 Å². The Kier molecular flexibility index (Phi) is 5.24. The van der Waals surface area contributed by atoms with Crippen molar-refractivity contribution >= 4 is 33.2 Å². The number of aromatic nitrogens is 1. The number of carbonyl (C=O) groups excluding carboxylic acids is 2. The standard InChI is InChI=1S/C22H29N5O2S/c1-14-20(15-3-5-26(14)6-4-15)24-21(28)18-11-16-17(13-30-19(16)12-23-18)22(29)27-9-7-25(2)8-10-27/h11-15,20H,3-10H2,1-2H3,(H,24,28)/t14-,20-/m0/s1. The van der Waals surface area contributed by atoms with Gasteiger partial charge < -0.3 is 15.1 Å². The molecule has 8 heteroatoms. The van der Waals surface area contributed by atoms with Gasteiger partial charge in [-0.1, -0.05) is 0 Å². The van der Waals surface area contributed by atoms with Crippen LogP contribution in [0.2, 0.25) is 0 Å². The third-order valence-corrected chi connectivity index (χ3v) is 8.12. The number of thiophene rings is 1. The maximum absolute atomic E-state index is 13.1. The molecule has 4 aliphatic rings. The lowest BCUT2D eigenvalue weighted by Crippen LogP contribution is -2.62. The lowest BCUT2D eigenvalue weighted by atomic mass is 9.79. The van der Waals surface area contributed by atoms with Gasteiger partial charge in [0.15, 0.2) is 0 Å². The van der Waals surface area contributed by atoms with Gasteiger partial charge >= 0.3 is 0 Å². The summed E-state index contributed by atoms with van der Waals surface area (Å²) in [6.45, 7) is 7.73. The summed E-state index contributed by atoms with van der Waals surface area (Å²) < 4.78 is 0.945. The van der Waals surface area contributed by atoms with Crippen molar-refractivity contribution in [3.63, 3.8) is 0 Å². The number of nitrogens with one attached hydrogen (secondary N) is 1. The average molecular weight is 428 g/mol. The first kappa shape index (κ1) is 19.9. The summed E-state index contributed by atoms with van der Waals surface area (Å²) in [5.41, 5.74) is 1.09. The van der Waals surface area contributed by atoms with Crippen LogP contribution in [0.3, 0.4) is 0 Å². The number of piperazine rings is 1. The van der Waals surface area contributed by atoms with Crippen LogP contribution in [0, 0.1) is 5.92 Å². The lowest BCUT2D eigenvalue weighted by Gasteiger charge is -2.49. The molecule has 4 aliphatic heterocycles. The van der Waals surface area contributed by atoms with E-state index in [1.807, 2.05) is 10.3 Å². The fourth-order valence-corrected chi connectivity index (χ4v) is 6.06. The van der Waals surface area contributed by atoms with Crippen molar-refractivity contribution in [2.45, 2.75) is 31.8 Å². The quantitative estimate of drug-likeness (QED) is 0.810. The molecule has 160 valence electrons. The van der Waals surface area contributed by atoms with Crippen molar-refractivity contribution in [3.8, 4) is 0 Å². The number of hydrogen-bond acceptors (Lipinski definition) is 6. The Morgan fingerprint density at radius 2 is 1.87 bits per heavy atom. The predicted molar refractivity (Wildman–Crippen MR) is 118 cm³/mol. The van der Waals surface area contributed by atoms with Crippen LogP contribution in [0.15, 0.2) is 17.6 Å². The van der Waals surface area contributed by atoms with Crippen LogP contribution in [0.5, 0.6) is 0 Å².